The molecule has 2 atom stereocenters. The zero-order valence-electron chi connectivity index (χ0n) is 22.2. The number of amides is 1. The maximum absolute atomic E-state index is 14.1. The third kappa shape index (κ3) is 5.92. The van der Waals surface area contributed by atoms with Gasteiger partial charge in [0.15, 0.2) is 17.6 Å². The van der Waals surface area contributed by atoms with Gasteiger partial charge in [-0.05, 0) is 29.7 Å². The second kappa shape index (κ2) is 12.3. The second-order valence-electron chi connectivity index (χ2n) is 9.53. The van der Waals surface area contributed by atoms with Gasteiger partial charge in [0.2, 0.25) is 0 Å². The molecule has 2 unspecified atom stereocenters. The summed E-state index contributed by atoms with van der Waals surface area (Å²) in [6, 6.07) is 22.1. The molecule has 2 aliphatic rings. The molecule has 0 aromatic heterocycles. The minimum Gasteiger partial charge on any atom is -0.493 e. The molecule has 8 heteroatoms. The van der Waals surface area contributed by atoms with E-state index in [1.807, 2.05) is 72.8 Å². The number of ether oxygens (including phenoxy) is 5. The van der Waals surface area contributed by atoms with Crippen LogP contribution in [-0.2, 0) is 43.4 Å². The van der Waals surface area contributed by atoms with Gasteiger partial charge in [-0.1, -0.05) is 66.7 Å². The Morgan fingerprint density at radius 2 is 1.72 bits per heavy atom. The Morgan fingerprint density at radius 1 is 1.00 bits per heavy atom. The van der Waals surface area contributed by atoms with Gasteiger partial charge in [-0.3, -0.25) is 4.79 Å². The molecule has 0 radical (unpaired) electrons. The molecule has 39 heavy (non-hydrogen) atoms. The number of carbonyl (C=O) groups is 2. The van der Waals surface area contributed by atoms with Crippen LogP contribution in [0.2, 0.25) is 0 Å². The Labute approximate surface area is 228 Å². The Hall–Kier alpha value is -3.88. The SMILES string of the molecule is CCOC(=O)C1Cc2c(ccc(OC)c2OCc2ccccc2)CN1C(=O)C(OC1COC1)c1ccccc1. The lowest BCUT2D eigenvalue weighted by Crippen LogP contribution is -2.52. The van der Waals surface area contributed by atoms with Crippen molar-refractivity contribution in [3.8, 4) is 11.5 Å². The summed E-state index contributed by atoms with van der Waals surface area (Å²) in [5.74, 6) is 0.386. The largest absolute Gasteiger partial charge is 0.493 e. The minimum absolute atomic E-state index is 0.181. The molecule has 5 rings (SSSR count). The highest BCUT2D eigenvalue weighted by Crippen LogP contribution is 2.40. The third-order valence-corrected chi connectivity index (χ3v) is 6.99. The lowest BCUT2D eigenvalue weighted by Gasteiger charge is -2.39. The Balaban J connectivity index is 1.48. The molecule has 3 aromatic rings. The number of nitrogens with zero attached hydrogens (tertiary/aromatic N) is 1. The van der Waals surface area contributed by atoms with Crippen LogP contribution in [0.25, 0.3) is 0 Å². The van der Waals surface area contributed by atoms with Crippen molar-refractivity contribution in [2.24, 2.45) is 0 Å². The fourth-order valence-corrected chi connectivity index (χ4v) is 4.89. The van der Waals surface area contributed by atoms with Gasteiger partial charge in [0, 0.05) is 18.5 Å². The molecule has 204 valence electrons. The van der Waals surface area contributed by atoms with Crippen molar-refractivity contribution < 1.29 is 33.3 Å². The second-order valence-corrected chi connectivity index (χ2v) is 9.53. The van der Waals surface area contributed by atoms with Crippen LogP contribution in [0.15, 0.2) is 72.8 Å². The van der Waals surface area contributed by atoms with Gasteiger partial charge >= 0.3 is 5.97 Å². The van der Waals surface area contributed by atoms with E-state index in [9.17, 15) is 9.59 Å². The van der Waals surface area contributed by atoms with Gasteiger partial charge in [0.1, 0.15) is 18.8 Å². The third-order valence-electron chi connectivity index (χ3n) is 6.99. The average Bonchev–Trinajstić information content (AvgIpc) is 2.95. The van der Waals surface area contributed by atoms with Crippen molar-refractivity contribution in [3.05, 3.63) is 95.1 Å². The number of methoxy groups -OCH3 is 1. The predicted molar refractivity (Wildman–Crippen MR) is 143 cm³/mol. The predicted octanol–water partition coefficient (Wildman–Crippen LogP) is 4.25. The van der Waals surface area contributed by atoms with Crippen LogP contribution in [0, 0.1) is 0 Å². The topological polar surface area (TPSA) is 83.5 Å². The molecule has 0 aliphatic carbocycles. The fourth-order valence-electron chi connectivity index (χ4n) is 4.89. The Kier molecular flexibility index (Phi) is 8.44. The zero-order chi connectivity index (χ0) is 27.2. The number of carbonyl (C=O) groups excluding carboxylic acids is 2. The quantitative estimate of drug-likeness (QED) is 0.362. The maximum atomic E-state index is 14.1. The van der Waals surface area contributed by atoms with Crippen LogP contribution >= 0.6 is 0 Å². The summed E-state index contributed by atoms with van der Waals surface area (Å²) in [6.07, 6.45) is -0.819. The lowest BCUT2D eigenvalue weighted by atomic mass is 9.91. The standard InChI is InChI=1S/C31H33NO7/c1-3-37-31(34)26-16-25-23(14-15-27(35-2)29(25)38-18-21-10-6-4-7-11-21)17-32(26)30(33)28(39-24-19-36-20-24)22-12-8-5-9-13-22/h4-15,24,26,28H,3,16-20H2,1-2H3. The minimum atomic E-state index is -0.870. The van der Waals surface area contributed by atoms with Gasteiger partial charge in [-0.25, -0.2) is 4.79 Å². The van der Waals surface area contributed by atoms with Gasteiger partial charge in [0.05, 0.1) is 26.9 Å². The molecule has 0 N–H and O–H groups in total. The zero-order valence-corrected chi connectivity index (χ0v) is 22.2. The molecule has 0 bridgehead atoms. The van der Waals surface area contributed by atoms with E-state index in [1.54, 1.807) is 18.9 Å². The number of hydrogen-bond acceptors (Lipinski definition) is 7. The first-order valence-corrected chi connectivity index (χ1v) is 13.2. The van der Waals surface area contributed by atoms with Crippen LogP contribution < -0.4 is 9.47 Å². The summed E-state index contributed by atoms with van der Waals surface area (Å²) >= 11 is 0. The molecular weight excluding hydrogens is 498 g/mol. The molecule has 1 saturated heterocycles. The summed E-state index contributed by atoms with van der Waals surface area (Å²) in [5, 5.41) is 0. The van der Waals surface area contributed by atoms with Gasteiger partial charge < -0.3 is 28.6 Å². The van der Waals surface area contributed by atoms with E-state index in [2.05, 4.69) is 0 Å². The van der Waals surface area contributed by atoms with Crippen molar-refractivity contribution >= 4 is 11.9 Å². The number of hydrogen-bond donors (Lipinski definition) is 0. The van der Waals surface area contributed by atoms with E-state index in [0.29, 0.717) is 31.3 Å². The molecular formula is C31H33NO7. The molecule has 8 nitrogen and oxygen atoms in total. The molecule has 0 spiro atoms. The van der Waals surface area contributed by atoms with Crippen LogP contribution in [-0.4, -0.2) is 55.9 Å². The van der Waals surface area contributed by atoms with Crippen LogP contribution in [0.1, 0.15) is 35.3 Å². The Bertz CT molecular complexity index is 1280. The van der Waals surface area contributed by atoms with E-state index in [1.165, 1.54) is 0 Å². The maximum Gasteiger partial charge on any atom is 0.329 e. The van der Waals surface area contributed by atoms with Gasteiger partial charge in [-0.15, -0.1) is 0 Å². The molecule has 1 fully saturated rings. The highest BCUT2D eigenvalue weighted by atomic mass is 16.6. The van der Waals surface area contributed by atoms with E-state index < -0.39 is 18.1 Å². The molecule has 0 saturated carbocycles. The smallest absolute Gasteiger partial charge is 0.329 e. The number of esters is 1. The highest BCUT2D eigenvalue weighted by molar-refractivity contribution is 5.89. The summed E-state index contributed by atoms with van der Waals surface area (Å²) in [7, 11) is 1.59. The fraction of sp³-hybridized carbons (Fsp3) is 0.355. The van der Waals surface area contributed by atoms with Crippen LogP contribution in [0.4, 0.5) is 0 Å². The van der Waals surface area contributed by atoms with Crippen molar-refractivity contribution in [1.82, 2.24) is 4.90 Å². The first-order chi connectivity index (χ1) is 19.1. The van der Waals surface area contributed by atoms with E-state index in [0.717, 1.165) is 22.3 Å². The number of rotatable bonds is 10. The van der Waals surface area contributed by atoms with Crippen molar-refractivity contribution in [2.75, 3.05) is 26.9 Å². The van der Waals surface area contributed by atoms with Gasteiger partial charge in [0.25, 0.3) is 5.91 Å². The first kappa shape index (κ1) is 26.7. The lowest BCUT2D eigenvalue weighted by molar-refractivity contribution is -0.181. The number of benzene rings is 3. The molecule has 2 aliphatic heterocycles. The van der Waals surface area contributed by atoms with Crippen molar-refractivity contribution in [3.63, 3.8) is 0 Å². The van der Waals surface area contributed by atoms with E-state index in [-0.39, 0.29) is 31.6 Å². The molecule has 1 amide bonds. The number of fused-ring (bicyclic) bond motifs is 1. The molecule has 2 heterocycles. The summed E-state index contributed by atoms with van der Waals surface area (Å²) in [6.45, 7) is 3.37. The van der Waals surface area contributed by atoms with E-state index in [4.69, 9.17) is 23.7 Å². The van der Waals surface area contributed by atoms with Crippen LogP contribution in [0.5, 0.6) is 11.5 Å². The summed E-state index contributed by atoms with van der Waals surface area (Å²) in [5.41, 5.74) is 3.45. The highest BCUT2D eigenvalue weighted by Gasteiger charge is 2.42. The van der Waals surface area contributed by atoms with Crippen molar-refractivity contribution in [1.29, 1.82) is 0 Å². The first-order valence-electron chi connectivity index (χ1n) is 13.2. The average molecular weight is 532 g/mol. The summed E-state index contributed by atoms with van der Waals surface area (Å²) < 4.78 is 28.8. The van der Waals surface area contributed by atoms with Crippen LogP contribution in [0.3, 0.4) is 0 Å². The molecule has 3 aromatic carbocycles. The van der Waals surface area contributed by atoms with E-state index >= 15 is 0 Å². The van der Waals surface area contributed by atoms with Crippen molar-refractivity contribution in [2.45, 2.75) is 44.7 Å². The Morgan fingerprint density at radius 3 is 2.36 bits per heavy atom. The summed E-state index contributed by atoms with van der Waals surface area (Å²) in [4.78, 5) is 29.0. The normalized spacial score (nSPS) is 17.5. The van der Waals surface area contributed by atoms with Gasteiger partial charge in [-0.2, -0.15) is 0 Å². The monoisotopic (exact) mass is 531 g/mol.